The van der Waals surface area contributed by atoms with Crippen molar-refractivity contribution in [3.63, 3.8) is 0 Å². The van der Waals surface area contributed by atoms with Crippen LogP contribution in [0, 0.1) is 0 Å². The minimum absolute atomic E-state index is 0.210. The van der Waals surface area contributed by atoms with E-state index in [2.05, 4.69) is 16.4 Å². The Hall–Kier alpha value is -2.42. The molecule has 2 aromatic heterocycles. The summed E-state index contributed by atoms with van der Waals surface area (Å²) in [4.78, 5) is 31.6. The molecule has 1 fully saturated rings. The number of H-pyrrole nitrogens is 1. The standard InChI is InChI=1S/C21H19N3O2S3/c1-13(24-20(26)18(29-21(24)27)11-15-5-4-10-28-15)19(25)22-9-8-14-12-23-17-7-3-2-6-16(14)17/h2-7,10-13,23H,8-9H2,1H3,(H,22,25). The quantitative estimate of drug-likeness (QED) is 0.445. The minimum Gasteiger partial charge on any atom is -0.361 e. The van der Waals surface area contributed by atoms with Gasteiger partial charge in [-0.05, 0) is 42.5 Å². The topological polar surface area (TPSA) is 65.2 Å². The van der Waals surface area contributed by atoms with Crippen LogP contribution in [0.3, 0.4) is 0 Å². The zero-order chi connectivity index (χ0) is 20.4. The lowest BCUT2D eigenvalue weighted by molar-refractivity contribution is -0.132. The van der Waals surface area contributed by atoms with E-state index in [1.54, 1.807) is 18.3 Å². The second-order valence-electron chi connectivity index (χ2n) is 6.64. The Labute approximate surface area is 182 Å². The molecule has 1 atom stereocenters. The predicted molar refractivity (Wildman–Crippen MR) is 124 cm³/mol. The van der Waals surface area contributed by atoms with Gasteiger partial charge in [-0.25, -0.2) is 0 Å². The number of hydrogen-bond acceptors (Lipinski definition) is 5. The van der Waals surface area contributed by atoms with Gasteiger partial charge >= 0.3 is 0 Å². The first-order valence-corrected chi connectivity index (χ1v) is 11.3. The molecule has 8 heteroatoms. The monoisotopic (exact) mass is 441 g/mol. The van der Waals surface area contributed by atoms with Gasteiger partial charge in [0.1, 0.15) is 10.4 Å². The van der Waals surface area contributed by atoms with Crippen LogP contribution >= 0.6 is 35.3 Å². The van der Waals surface area contributed by atoms with Crippen molar-refractivity contribution in [2.45, 2.75) is 19.4 Å². The average molecular weight is 442 g/mol. The Morgan fingerprint density at radius 3 is 2.93 bits per heavy atom. The van der Waals surface area contributed by atoms with Crippen molar-refractivity contribution in [2.24, 2.45) is 0 Å². The fraction of sp³-hybridized carbons (Fsp3) is 0.190. The van der Waals surface area contributed by atoms with E-state index in [0.717, 1.165) is 21.3 Å². The van der Waals surface area contributed by atoms with Crippen LogP contribution in [-0.2, 0) is 16.0 Å². The second-order valence-corrected chi connectivity index (χ2v) is 9.30. The van der Waals surface area contributed by atoms with Crippen molar-refractivity contribution < 1.29 is 9.59 Å². The van der Waals surface area contributed by atoms with Gasteiger partial charge < -0.3 is 10.3 Å². The highest BCUT2D eigenvalue weighted by molar-refractivity contribution is 8.26. The highest BCUT2D eigenvalue weighted by atomic mass is 32.2. The van der Waals surface area contributed by atoms with Crippen LogP contribution in [-0.4, -0.2) is 38.6 Å². The number of thioether (sulfide) groups is 1. The minimum atomic E-state index is -0.653. The molecule has 1 unspecified atom stereocenters. The second kappa shape index (κ2) is 8.52. The Balaban J connectivity index is 1.37. The van der Waals surface area contributed by atoms with Crippen LogP contribution in [0.5, 0.6) is 0 Å². The summed E-state index contributed by atoms with van der Waals surface area (Å²) in [5.74, 6) is -0.425. The third-order valence-corrected chi connectivity index (χ3v) is 6.93. The van der Waals surface area contributed by atoms with Gasteiger partial charge in [0.2, 0.25) is 5.91 Å². The number of para-hydroxylation sites is 1. The van der Waals surface area contributed by atoms with Crippen LogP contribution in [0.1, 0.15) is 17.4 Å². The van der Waals surface area contributed by atoms with E-state index in [1.165, 1.54) is 16.7 Å². The molecule has 0 radical (unpaired) electrons. The number of aromatic nitrogens is 1. The molecule has 1 aliphatic heterocycles. The summed E-state index contributed by atoms with van der Waals surface area (Å²) in [6.45, 7) is 2.20. The predicted octanol–water partition coefficient (Wildman–Crippen LogP) is 4.18. The molecule has 5 nitrogen and oxygen atoms in total. The molecular formula is C21H19N3O2S3. The maximum Gasteiger partial charge on any atom is 0.266 e. The Morgan fingerprint density at radius 2 is 2.14 bits per heavy atom. The molecule has 0 saturated carbocycles. The number of hydrogen-bond donors (Lipinski definition) is 2. The van der Waals surface area contributed by atoms with E-state index in [9.17, 15) is 9.59 Å². The van der Waals surface area contributed by atoms with Crippen molar-refractivity contribution in [3.05, 3.63) is 63.3 Å². The fourth-order valence-corrected chi connectivity index (χ4v) is 5.38. The summed E-state index contributed by atoms with van der Waals surface area (Å²) >= 11 is 8.16. The maximum absolute atomic E-state index is 12.8. The molecule has 0 spiro atoms. The first-order valence-electron chi connectivity index (χ1n) is 9.18. The van der Waals surface area contributed by atoms with Crippen LogP contribution < -0.4 is 5.32 Å². The lowest BCUT2D eigenvalue weighted by atomic mass is 10.1. The largest absolute Gasteiger partial charge is 0.361 e. The van der Waals surface area contributed by atoms with Gasteiger partial charge in [-0.2, -0.15) is 0 Å². The van der Waals surface area contributed by atoms with Crippen molar-refractivity contribution in [2.75, 3.05) is 6.54 Å². The molecule has 0 aliphatic carbocycles. The first-order chi connectivity index (χ1) is 14.0. The normalized spacial score (nSPS) is 16.7. The van der Waals surface area contributed by atoms with Gasteiger partial charge in [0.05, 0.1) is 4.91 Å². The summed E-state index contributed by atoms with van der Waals surface area (Å²) in [7, 11) is 0. The SMILES string of the molecule is CC(C(=O)NCCc1c[nH]c2ccccc12)N1C(=O)C(=Cc2cccs2)SC1=S. The number of fused-ring (bicyclic) bond motifs is 1. The van der Waals surface area contributed by atoms with Gasteiger partial charge in [0.15, 0.2) is 0 Å². The number of amides is 2. The Kier molecular flexibility index (Phi) is 5.84. The van der Waals surface area contributed by atoms with E-state index in [0.29, 0.717) is 22.2 Å². The summed E-state index contributed by atoms with van der Waals surface area (Å²) < 4.78 is 0.414. The van der Waals surface area contributed by atoms with Gasteiger partial charge in [0, 0.05) is 28.5 Å². The number of benzene rings is 1. The lowest BCUT2D eigenvalue weighted by Gasteiger charge is -2.22. The van der Waals surface area contributed by atoms with Crippen LogP contribution in [0.4, 0.5) is 0 Å². The van der Waals surface area contributed by atoms with E-state index in [4.69, 9.17) is 12.2 Å². The molecule has 4 rings (SSSR count). The zero-order valence-electron chi connectivity index (χ0n) is 15.7. The number of rotatable bonds is 6. The molecule has 1 saturated heterocycles. The number of carbonyl (C=O) groups excluding carboxylic acids is 2. The number of nitrogens with one attached hydrogen (secondary N) is 2. The van der Waals surface area contributed by atoms with Crippen molar-refractivity contribution >= 4 is 68.4 Å². The maximum atomic E-state index is 12.8. The average Bonchev–Trinajstić information content (AvgIpc) is 3.43. The van der Waals surface area contributed by atoms with Crippen LogP contribution in [0.15, 0.2) is 52.9 Å². The molecule has 29 heavy (non-hydrogen) atoms. The summed E-state index contributed by atoms with van der Waals surface area (Å²) in [6.07, 6.45) is 4.50. The number of nitrogens with zero attached hydrogens (tertiary/aromatic N) is 1. The molecule has 3 heterocycles. The molecule has 1 aliphatic rings. The van der Waals surface area contributed by atoms with Crippen molar-refractivity contribution in [1.29, 1.82) is 0 Å². The Morgan fingerprint density at radius 1 is 1.31 bits per heavy atom. The van der Waals surface area contributed by atoms with Crippen LogP contribution in [0.25, 0.3) is 17.0 Å². The lowest BCUT2D eigenvalue weighted by Crippen LogP contribution is -2.47. The molecule has 148 valence electrons. The smallest absolute Gasteiger partial charge is 0.266 e. The van der Waals surface area contributed by atoms with Crippen molar-refractivity contribution in [3.8, 4) is 0 Å². The molecule has 2 amide bonds. The molecule has 3 aromatic rings. The van der Waals surface area contributed by atoms with Crippen molar-refractivity contribution in [1.82, 2.24) is 15.2 Å². The fourth-order valence-electron chi connectivity index (χ4n) is 3.24. The van der Waals surface area contributed by atoms with E-state index in [1.807, 2.05) is 48.0 Å². The van der Waals surface area contributed by atoms with E-state index in [-0.39, 0.29) is 11.8 Å². The highest BCUT2D eigenvalue weighted by Crippen LogP contribution is 2.34. The molecule has 0 bridgehead atoms. The third-order valence-electron chi connectivity index (χ3n) is 4.78. The first kappa shape index (κ1) is 19.9. The number of thiophene rings is 1. The summed E-state index contributed by atoms with van der Waals surface area (Å²) in [5.41, 5.74) is 2.23. The summed E-state index contributed by atoms with van der Waals surface area (Å²) in [5, 5.41) is 6.04. The van der Waals surface area contributed by atoms with Gasteiger partial charge in [-0.3, -0.25) is 14.5 Å². The number of aromatic amines is 1. The molecular weight excluding hydrogens is 422 g/mol. The Bertz CT molecular complexity index is 1100. The highest BCUT2D eigenvalue weighted by Gasteiger charge is 2.38. The summed E-state index contributed by atoms with van der Waals surface area (Å²) in [6, 6.07) is 11.3. The molecule has 1 aromatic carbocycles. The van der Waals surface area contributed by atoms with Crippen LogP contribution in [0.2, 0.25) is 0 Å². The third kappa shape index (κ3) is 4.14. The van der Waals surface area contributed by atoms with E-state index < -0.39 is 6.04 Å². The zero-order valence-corrected chi connectivity index (χ0v) is 18.1. The van der Waals surface area contributed by atoms with E-state index >= 15 is 0 Å². The van der Waals surface area contributed by atoms with Gasteiger partial charge in [0.25, 0.3) is 5.91 Å². The number of carbonyl (C=O) groups is 2. The number of thiocarbonyl (C=S) groups is 1. The van der Waals surface area contributed by atoms with Gasteiger partial charge in [-0.15, -0.1) is 11.3 Å². The van der Waals surface area contributed by atoms with Gasteiger partial charge in [-0.1, -0.05) is 48.2 Å². The molecule has 2 N–H and O–H groups in total.